The van der Waals surface area contributed by atoms with Crippen molar-refractivity contribution in [2.45, 2.75) is 31.7 Å². The molecule has 2 heteroatoms. The molecule has 0 saturated heterocycles. The average molecular weight is 342 g/mol. The molecule has 2 bridgehead atoms. The van der Waals surface area contributed by atoms with Gasteiger partial charge in [0.1, 0.15) is 0 Å². The van der Waals surface area contributed by atoms with Gasteiger partial charge in [0.25, 0.3) is 0 Å². The second-order valence-corrected chi connectivity index (χ2v) is 7.37. The molecule has 108 valence electrons. The predicted octanol–water partition coefficient (Wildman–Crippen LogP) is 5.05. The molecule has 2 unspecified atom stereocenters. The van der Waals surface area contributed by atoms with E-state index < -0.39 is 0 Å². The summed E-state index contributed by atoms with van der Waals surface area (Å²) in [6.45, 7) is 0. The SMILES string of the molecule is Brc1ccc(NC2C3CCC2Cc2ccccc2C3)cc1. The molecular weight excluding hydrogens is 322 g/mol. The first-order valence-electron chi connectivity index (χ1n) is 7.88. The molecule has 2 aliphatic rings. The second-order valence-electron chi connectivity index (χ2n) is 6.45. The molecule has 2 atom stereocenters. The Labute approximate surface area is 134 Å². The van der Waals surface area contributed by atoms with Gasteiger partial charge in [0.05, 0.1) is 0 Å². The first-order chi connectivity index (χ1) is 10.3. The lowest BCUT2D eigenvalue weighted by atomic mass is 9.94. The maximum absolute atomic E-state index is 3.82. The van der Waals surface area contributed by atoms with Crippen LogP contribution in [0.1, 0.15) is 24.0 Å². The first-order valence-corrected chi connectivity index (χ1v) is 8.68. The van der Waals surface area contributed by atoms with Gasteiger partial charge in [-0.1, -0.05) is 40.2 Å². The van der Waals surface area contributed by atoms with E-state index in [1.54, 1.807) is 11.1 Å². The highest BCUT2D eigenvalue weighted by Crippen LogP contribution is 2.41. The van der Waals surface area contributed by atoms with Crippen molar-refractivity contribution in [1.82, 2.24) is 0 Å². The Kier molecular flexibility index (Phi) is 3.50. The zero-order chi connectivity index (χ0) is 14.2. The molecule has 2 aromatic rings. The Hall–Kier alpha value is -1.28. The Morgan fingerprint density at radius 2 is 1.38 bits per heavy atom. The molecule has 0 aliphatic heterocycles. The molecule has 21 heavy (non-hydrogen) atoms. The van der Waals surface area contributed by atoms with E-state index in [4.69, 9.17) is 0 Å². The fourth-order valence-corrected chi connectivity index (χ4v) is 4.39. The number of fused-ring (bicyclic) bond motifs is 3. The molecule has 1 nitrogen and oxygen atoms in total. The summed E-state index contributed by atoms with van der Waals surface area (Å²) in [5.74, 6) is 1.56. The molecule has 2 aliphatic carbocycles. The highest BCUT2D eigenvalue weighted by Gasteiger charge is 2.38. The fourth-order valence-electron chi connectivity index (χ4n) is 4.13. The maximum atomic E-state index is 3.82. The molecule has 1 N–H and O–H groups in total. The van der Waals surface area contributed by atoms with Gasteiger partial charge < -0.3 is 5.32 Å². The minimum Gasteiger partial charge on any atom is -0.382 e. The lowest BCUT2D eigenvalue weighted by Crippen LogP contribution is -2.30. The molecular formula is C19H20BrN. The van der Waals surface area contributed by atoms with Gasteiger partial charge in [-0.25, -0.2) is 0 Å². The molecule has 0 heterocycles. The Morgan fingerprint density at radius 1 is 0.810 bits per heavy atom. The van der Waals surface area contributed by atoms with E-state index in [2.05, 4.69) is 69.8 Å². The predicted molar refractivity (Wildman–Crippen MR) is 91.6 cm³/mol. The highest BCUT2D eigenvalue weighted by atomic mass is 79.9. The zero-order valence-corrected chi connectivity index (χ0v) is 13.6. The minimum atomic E-state index is 0.624. The lowest BCUT2D eigenvalue weighted by molar-refractivity contribution is 0.450. The molecule has 0 radical (unpaired) electrons. The second kappa shape index (κ2) is 5.49. The lowest BCUT2D eigenvalue weighted by Gasteiger charge is -2.25. The van der Waals surface area contributed by atoms with Crippen molar-refractivity contribution in [2.75, 3.05) is 5.32 Å². The van der Waals surface area contributed by atoms with E-state index in [9.17, 15) is 0 Å². The van der Waals surface area contributed by atoms with E-state index in [-0.39, 0.29) is 0 Å². The van der Waals surface area contributed by atoms with Gasteiger partial charge in [-0.2, -0.15) is 0 Å². The molecule has 0 spiro atoms. The van der Waals surface area contributed by atoms with Crippen molar-refractivity contribution in [1.29, 1.82) is 0 Å². The van der Waals surface area contributed by atoms with Gasteiger partial charge in [0.15, 0.2) is 0 Å². The van der Waals surface area contributed by atoms with Crippen LogP contribution in [0.3, 0.4) is 0 Å². The van der Waals surface area contributed by atoms with E-state index in [1.807, 2.05) is 0 Å². The number of rotatable bonds is 2. The summed E-state index contributed by atoms with van der Waals surface area (Å²) in [4.78, 5) is 0. The topological polar surface area (TPSA) is 12.0 Å². The molecule has 0 aromatic heterocycles. The normalized spacial score (nSPS) is 27.0. The largest absolute Gasteiger partial charge is 0.382 e. The highest BCUT2D eigenvalue weighted by molar-refractivity contribution is 9.10. The van der Waals surface area contributed by atoms with Crippen molar-refractivity contribution >= 4 is 21.6 Å². The van der Waals surface area contributed by atoms with Crippen LogP contribution in [0.2, 0.25) is 0 Å². The van der Waals surface area contributed by atoms with Crippen molar-refractivity contribution < 1.29 is 0 Å². The maximum Gasteiger partial charge on any atom is 0.0343 e. The minimum absolute atomic E-state index is 0.624. The van der Waals surface area contributed by atoms with Crippen molar-refractivity contribution in [2.24, 2.45) is 11.8 Å². The number of nitrogens with one attached hydrogen (secondary N) is 1. The number of halogens is 1. The van der Waals surface area contributed by atoms with Crippen LogP contribution in [0.15, 0.2) is 53.0 Å². The van der Waals surface area contributed by atoms with Crippen molar-refractivity contribution in [3.8, 4) is 0 Å². The van der Waals surface area contributed by atoms with Crippen LogP contribution >= 0.6 is 15.9 Å². The summed E-state index contributed by atoms with van der Waals surface area (Å²) in [5.41, 5.74) is 4.41. The summed E-state index contributed by atoms with van der Waals surface area (Å²) >= 11 is 3.51. The van der Waals surface area contributed by atoms with E-state index >= 15 is 0 Å². The van der Waals surface area contributed by atoms with Crippen LogP contribution in [0.4, 0.5) is 5.69 Å². The number of benzene rings is 2. The Bertz CT molecular complexity index is 601. The Balaban J connectivity index is 1.59. The van der Waals surface area contributed by atoms with Crippen LogP contribution in [0, 0.1) is 11.8 Å². The van der Waals surface area contributed by atoms with E-state index in [0.29, 0.717) is 6.04 Å². The molecule has 1 fully saturated rings. The first kappa shape index (κ1) is 13.4. The van der Waals surface area contributed by atoms with Crippen molar-refractivity contribution in [3.63, 3.8) is 0 Å². The quantitative estimate of drug-likeness (QED) is 0.805. The smallest absolute Gasteiger partial charge is 0.0343 e. The van der Waals surface area contributed by atoms with Crippen LogP contribution < -0.4 is 5.32 Å². The van der Waals surface area contributed by atoms with Gasteiger partial charge >= 0.3 is 0 Å². The van der Waals surface area contributed by atoms with E-state index in [0.717, 1.165) is 16.3 Å². The summed E-state index contributed by atoms with van der Waals surface area (Å²) in [6, 6.07) is 18.3. The average Bonchev–Trinajstić information content (AvgIpc) is 2.76. The van der Waals surface area contributed by atoms with Crippen LogP contribution in [-0.4, -0.2) is 6.04 Å². The monoisotopic (exact) mass is 341 g/mol. The standard InChI is InChI=1S/C19H20BrN/c20-17-7-9-18(10-8-17)21-19-15-5-6-16(19)12-14-4-2-1-3-13(14)11-15/h1-4,7-10,15-16,19,21H,5-6,11-12H2. The summed E-state index contributed by atoms with van der Waals surface area (Å²) in [7, 11) is 0. The van der Waals surface area contributed by atoms with Gasteiger partial charge in [-0.05, 0) is 72.9 Å². The molecule has 0 amide bonds. The summed E-state index contributed by atoms with van der Waals surface area (Å²) in [5, 5.41) is 3.82. The van der Waals surface area contributed by atoms with Crippen molar-refractivity contribution in [3.05, 3.63) is 64.1 Å². The van der Waals surface area contributed by atoms with Crippen LogP contribution in [0.5, 0.6) is 0 Å². The van der Waals surface area contributed by atoms with Crippen LogP contribution in [0.25, 0.3) is 0 Å². The summed E-state index contributed by atoms with van der Waals surface area (Å²) in [6.07, 6.45) is 5.21. The van der Waals surface area contributed by atoms with Gasteiger partial charge in [0, 0.05) is 16.2 Å². The summed E-state index contributed by atoms with van der Waals surface area (Å²) < 4.78 is 1.14. The number of hydrogen-bond donors (Lipinski definition) is 1. The molecule has 4 rings (SSSR count). The van der Waals surface area contributed by atoms with Gasteiger partial charge in [-0.3, -0.25) is 0 Å². The third kappa shape index (κ3) is 2.62. The van der Waals surface area contributed by atoms with Gasteiger partial charge in [-0.15, -0.1) is 0 Å². The number of hydrogen-bond acceptors (Lipinski definition) is 1. The fraction of sp³-hybridized carbons (Fsp3) is 0.368. The van der Waals surface area contributed by atoms with Crippen LogP contribution in [-0.2, 0) is 12.8 Å². The molecule has 2 aromatic carbocycles. The van der Waals surface area contributed by atoms with Gasteiger partial charge in [0.2, 0.25) is 0 Å². The third-order valence-corrected chi connectivity index (χ3v) is 5.71. The van der Waals surface area contributed by atoms with E-state index in [1.165, 1.54) is 31.4 Å². The third-order valence-electron chi connectivity index (χ3n) is 5.18. The zero-order valence-electron chi connectivity index (χ0n) is 12.1. The number of anilines is 1. The Morgan fingerprint density at radius 3 is 1.95 bits per heavy atom. The molecule has 1 saturated carbocycles.